The predicted octanol–water partition coefficient (Wildman–Crippen LogP) is 2.70. The van der Waals surface area contributed by atoms with Gasteiger partial charge < -0.3 is 10.8 Å². The molecule has 0 bridgehead atoms. The molecule has 2 heteroatoms. The van der Waals surface area contributed by atoms with Gasteiger partial charge in [0.1, 0.15) is 5.75 Å². The maximum absolute atomic E-state index is 9.23. The van der Waals surface area contributed by atoms with Crippen molar-refractivity contribution >= 4 is 0 Å². The molecule has 0 saturated heterocycles. The summed E-state index contributed by atoms with van der Waals surface area (Å²) in [7, 11) is 0. The minimum atomic E-state index is 0.338. The molecule has 2 nitrogen and oxygen atoms in total. The van der Waals surface area contributed by atoms with Crippen LogP contribution in [0.25, 0.3) is 0 Å². The third-order valence-corrected chi connectivity index (χ3v) is 3.74. The highest BCUT2D eigenvalue weighted by molar-refractivity contribution is 5.26. The van der Waals surface area contributed by atoms with Crippen LogP contribution in [-0.2, 0) is 6.42 Å². The summed E-state index contributed by atoms with van der Waals surface area (Å²) in [6, 6.07) is 7.87. The van der Waals surface area contributed by atoms with E-state index in [1.807, 2.05) is 12.1 Å². The van der Waals surface area contributed by atoms with Crippen molar-refractivity contribution in [3.63, 3.8) is 0 Å². The van der Waals surface area contributed by atoms with Crippen LogP contribution in [-0.4, -0.2) is 11.1 Å². The molecule has 1 aliphatic rings. The first-order valence-corrected chi connectivity index (χ1v) is 6.18. The van der Waals surface area contributed by atoms with Gasteiger partial charge in [-0.1, -0.05) is 19.1 Å². The molecular weight excluding hydrogens is 198 g/mol. The van der Waals surface area contributed by atoms with Gasteiger partial charge in [-0.2, -0.15) is 0 Å². The van der Waals surface area contributed by atoms with E-state index in [2.05, 4.69) is 6.92 Å². The fourth-order valence-corrected chi connectivity index (χ4v) is 2.69. The maximum Gasteiger partial charge on any atom is 0.115 e. The molecule has 88 valence electrons. The zero-order chi connectivity index (χ0) is 11.5. The van der Waals surface area contributed by atoms with E-state index in [9.17, 15) is 5.11 Å². The van der Waals surface area contributed by atoms with Crippen LogP contribution in [0.1, 0.15) is 31.7 Å². The summed E-state index contributed by atoms with van der Waals surface area (Å²) in [6.45, 7) is 2.32. The molecule has 1 aromatic carbocycles. The van der Waals surface area contributed by atoms with Crippen LogP contribution in [0.4, 0.5) is 0 Å². The molecule has 3 atom stereocenters. The number of hydrogen-bond donors (Lipinski definition) is 2. The van der Waals surface area contributed by atoms with Gasteiger partial charge >= 0.3 is 0 Å². The van der Waals surface area contributed by atoms with E-state index in [4.69, 9.17) is 5.73 Å². The van der Waals surface area contributed by atoms with Crippen LogP contribution in [0.5, 0.6) is 5.75 Å². The zero-order valence-electron chi connectivity index (χ0n) is 9.89. The lowest BCUT2D eigenvalue weighted by Crippen LogP contribution is -2.36. The standard InChI is InChI=1S/C14H21NO/c1-10-2-7-14(15)12(8-10)9-11-3-5-13(16)6-4-11/h3-6,10,12,14,16H,2,7-9,15H2,1H3. The van der Waals surface area contributed by atoms with Gasteiger partial charge in [0.25, 0.3) is 0 Å². The van der Waals surface area contributed by atoms with Crippen molar-refractivity contribution in [3.8, 4) is 5.75 Å². The number of phenols is 1. The molecule has 3 unspecified atom stereocenters. The fourth-order valence-electron chi connectivity index (χ4n) is 2.69. The Morgan fingerprint density at radius 3 is 2.62 bits per heavy atom. The number of aromatic hydroxyl groups is 1. The predicted molar refractivity (Wildman–Crippen MR) is 66.3 cm³/mol. The fraction of sp³-hybridized carbons (Fsp3) is 0.571. The van der Waals surface area contributed by atoms with Crippen molar-refractivity contribution in [1.82, 2.24) is 0 Å². The molecule has 1 aromatic rings. The lowest BCUT2D eigenvalue weighted by molar-refractivity contribution is 0.244. The highest BCUT2D eigenvalue weighted by Gasteiger charge is 2.25. The van der Waals surface area contributed by atoms with Crippen molar-refractivity contribution in [3.05, 3.63) is 29.8 Å². The molecule has 0 aliphatic heterocycles. The summed E-state index contributed by atoms with van der Waals surface area (Å²) >= 11 is 0. The normalized spacial score (nSPS) is 30.2. The van der Waals surface area contributed by atoms with Crippen molar-refractivity contribution in [2.24, 2.45) is 17.6 Å². The van der Waals surface area contributed by atoms with Crippen LogP contribution < -0.4 is 5.73 Å². The molecule has 0 heterocycles. The van der Waals surface area contributed by atoms with Gasteiger partial charge in [0, 0.05) is 6.04 Å². The van der Waals surface area contributed by atoms with E-state index in [-0.39, 0.29) is 0 Å². The van der Waals surface area contributed by atoms with Gasteiger partial charge in [-0.15, -0.1) is 0 Å². The Morgan fingerprint density at radius 2 is 1.94 bits per heavy atom. The van der Waals surface area contributed by atoms with Gasteiger partial charge in [0.2, 0.25) is 0 Å². The summed E-state index contributed by atoms with van der Waals surface area (Å²) in [6.07, 6.45) is 4.71. The maximum atomic E-state index is 9.23. The second kappa shape index (κ2) is 4.88. The van der Waals surface area contributed by atoms with Crippen molar-refractivity contribution in [1.29, 1.82) is 0 Å². The quantitative estimate of drug-likeness (QED) is 0.803. The Balaban J connectivity index is 2.00. The average molecular weight is 219 g/mol. The summed E-state index contributed by atoms with van der Waals surface area (Å²) in [4.78, 5) is 0. The van der Waals surface area contributed by atoms with Crippen molar-refractivity contribution < 1.29 is 5.11 Å². The Hall–Kier alpha value is -1.02. The first kappa shape index (κ1) is 11.5. The Kier molecular flexibility index (Phi) is 3.49. The summed E-state index contributed by atoms with van der Waals surface area (Å²) < 4.78 is 0. The third-order valence-electron chi connectivity index (χ3n) is 3.74. The largest absolute Gasteiger partial charge is 0.508 e. The molecule has 0 spiro atoms. The molecule has 1 saturated carbocycles. The third kappa shape index (κ3) is 2.76. The summed E-state index contributed by atoms with van der Waals surface area (Å²) in [5, 5.41) is 9.23. The molecule has 0 amide bonds. The topological polar surface area (TPSA) is 46.2 Å². The minimum absolute atomic E-state index is 0.338. The number of hydrogen-bond acceptors (Lipinski definition) is 2. The first-order chi connectivity index (χ1) is 7.65. The zero-order valence-corrected chi connectivity index (χ0v) is 9.89. The summed E-state index contributed by atoms with van der Waals surface area (Å²) in [5.41, 5.74) is 7.45. The van der Waals surface area contributed by atoms with E-state index in [1.165, 1.54) is 18.4 Å². The molecule has 0 radical (unpaired) electrons. The van der Waals surface area contributed by atoms with Gasteiger partial charge in [-0.05, 0) is 55.2 Å². The van der Waals surface area contributed by atoms with Crippen molar-refractivity contribution in [2.45, 2.75) is 38.6 Å². The molecule has 16 heavy (non-hydrogen) atoms. The molecular formula is C14H21NO. The molecule has 2 rings (SSSR count). The number of rotatable bonds is 2. The molecule has 1 aliphatic carbocycles. The first-order valence-electron chi connectivity index (χ1n) is 6.18. The lowest BCUT2D eigenvalue weighted by atomic mass is 9.76. The second-order valence-electron chi connectivity index (χ2n) is 5.21. The van der Waals surface area contributed by atoms with Gasteiger partial charge in [0.05, 0.1) is 0 Å². The SMILES string of the molecule is CC1CCC(N)C(Cc2ccc(O)cc2)C1. The molecule has 1 fully saturated rings. The van der Waals surface area contributed by atoms with Gasteiger partial charge in [-0.3, -0.25) is 0 Å². The number of nitrogens with two attached hydrogens (primary N) is 1. The van der Waals surface area contributed by atoms with Crippen LogP contribution in [0.3, 0.4) is 0 Å². The summed E-state index contributed by atoms with van der Waals surface area (Å²) in [5.74, 6) is 1.75. The van der Waals surface area contributed by atoms with E-state index in [0.717, 1.165) is 18.8 Å². The highest BCUT2D eigenvalue weighted by Crippen LogP contribution is 2.30. The second-order valence-corrected chi connectivity index (χ2v) is 5.21. The van der Waals surface area contributed by atoms with E-state index in [0.29, 0.717) is 17.7 Å². The van der Waals surface area contributed by atoms with Gasteiger partial charge in [-0.25, -0.2) is 0 Å². The monoisotopic (exact) mass is 219 g/mol. The molecule has 3 N–H and O–H groups in total. The minimum Gasteiger partial charge on any atom is -0.508 e. The van der Waals surface area contributed by atoms with Gasteiger partial charge in [0.15, 0.2) is 0 Å². The molecule has 0 aromatic heterocycles. The van der Waals surface area contributed by atoms with E-state index >= 15 is 0 Å². The highest BCUT2D eigenvalue weighted by atomic mass is 16.3. The van der Waals surface area contributed by atoms with Crippen LogP contribution in [0.15, 0.2) is 24.3 Å². The number of phenolic OH excluding ortho intramolecular Hbond substituents is 1. The lowest BCUT2D eigenvalue weighted by Gasteiger charge is -2.32. The Morgan fingerprint density at radius 1 is 1.25 bits per heavy atom. The van der Waals surface area contributed by atoms with E-state index < -0.39 is 0 Å². The Labute approximate surface area is 97.5 Å². The average Bonchev–Trinajstić information content (AvgIpc) is 2.27. The van der Waals surface area contributed by atoms with Crippen LogP contribution in [0.2, 0.25) is 0 Å². The smallest absolute Gasteiger partial charge is 0.115 e. The van der Waals surface area contributed by atoms with Crippen LogP contribution >= 0.6 is 0 Å². The van der Waals surface area contributed by atoms with E-state index in [1.54, 1.807) is 12.1 Å². The van der Waals surface area contributed by atoms with Crippen LogP contribution in [0, 0.1) is 11.8 Å². The van der Waals surface area contributed by atoms with Crippen molar-refractivity contribution in [2.75, 3.05) is 0 Å². The number of benzene rings is 1. The Bertz CT molecular complexity index is 333.